The van der Waals surface area contributed by atoms with Gasteiger partial charge < -0.3 is 19.5 Å². The lowest BCUT2D eigenvalue weighted by atomic mass is 10.1. The first kappa shape index (κ1) is 11.5. The molecule has 2 aliphatic rings. The highest BCUT2D eigenvalue weighted by atomic mass is 16.7. The van der Waals surface area contributed by atoms with Crippen molar-refractivity contribution >= 4 is 5.69 Å². The van der Waals surface area contributed by atoms with Crippen LogP contribution in [0.5, 0.6) is 17.2 Å². The maximum Gasteiger partial charge on any atom is 0.231 e. The van der Waals surface area contributed by atoms with Gasteiger partial charge in [-0.3, -0.25) is 0 Å². The predicted molar refractivity (Wildman–Crippen MR) is 75.6 cm³/mol. The average Bonchev–Trinajstić information content (AvgIpc) is 2.94. The molecule has 4 rings (SSSR count). The summed E-state index contributed by atoms with van der Waals surface area (Å²) in [6, 6.07) is 12.0. The lowest BCUT2D eigenvalue weighted by Gasteiger charge is -2.28. The third-order valence-electron chi connectivity index (χ3n) is 3.74. The van der Waals surface area contributed by atoms with Crippen LogP contribution in [0.15, 0.2) is 36.4 Å². The Hall–Kier alpha value is -2.36. The molecule has 20 heavy (non-hydrogen) atoms. The van der Waals surface area contributed by atoms with Gasteiger partial charge in [-0.1, -0.05) is 18.2 Å². The highest BCUT2D eigenvalue weighted by molar-refractivity contribution is 5.63. The van der Waals surface area contributed by atoms with Crippen molar-refractivity contribution in [3.8, 4) is 17.2 Å². The van der Waals surface area contributed by atoms with E-state index in [0.717, 1.165) is 35.0 Å². The first-order chi connectivity index (χ1) is 9.81. The predicted octanol–water partition coefficient (Wildman–Crippen LogP) is 3.27. The van der Waals surface area contributed by atoms with Gasteiger partial charge in [0.1, 0.15) is 11.9 Å². The summed E-state index contributed by atoms with van der Waals surface area (Å²) in [4.78, 5) is 0. The highest BCUT2D eigenvalue weighted by Crippen LogP contribution is 2.39. The lowest BCUT2D eigenvalue weighted by Crippen LogP contribution is -2.24. The van der Waals surface area contributed by atoms with Crippen LogP contribution in [0.25, 0.3) is 0 Å². The van der Waals surface area contributed by atoms with Gasteiger partial charge in [0.05, 0.1) is 12.2 Å². The summed E-state index contributed by atoms with van der Waals surface area (Å²) in [5.41, 5.74) is 3.38. The Morgan fingerprint density at radius 3 is 2.90 bits per heavy atom. The van der Waals surface area contributed by atoms with E-state index in [-0.39, 0.29) is 6.10 Å². The summed E-state index contributed by atoms with van der Waals surface area (Å²) in [5, 5.41) is 3.45. The first-order valence-electron chi connectivity index (χ1n) is 6.71. The molecule has 1 unspecified atom stereocenters. The summed E-state index contributed by atoms with van der Waals surface area (Å²) in [6.45, 7) is 3.12. The zero-order valence-electron chi connectivity index (χ0n) is 11.2. The second-order valence-corrected chi connectivity index (χ2v) is 5.05. The van der Waals surface area contributed by atoms with Crippen LogP contribution in [0, 0.1) is 6.92 Å². The van der Waals surface area contributed by atoms with Crippen molar-refractivity contribution in [2.75, 3.05) is 18.7 Å². The topological polar surface area (TPSA) is 39.7 Å². The Balaban J connectivity index is 1.65. The van der Waals surface area contributed by atoms with Crippen LogP contribution in [-0.4, -0.2) is 13.3 Å². The third-order valence-corrected chi connectivity index (χ3v) is 3.74. The third kappa shape index (κ3) is 1.76. The van der Waals surface area contributed by atoms with Gasteiger partial charge in [0.2, 0.25) is 6.79 Å². The van der Waals surface area contributed by atoms with E-state index < -0.39 is 0 Å². The van der Waals surface area contributed by atoms with Crippen molar-refractivity contribution in [2.24, 2.45) is 0 Å². The smallest absolute Gasteiger partial charge is 0.231 e. The lowest BCUT2D eigenvalue weighted by molar-refractivity contribution is 0.173. The number of aryl methyl sites for hydroxylation is 1. The molecule has 102 valence electrons. The van der Waals surface area contributed by atoms with E-state index in [1.165, 1.54) is 5.56 Å². The molecule has 2 heterocycles. The molecule has 0 saturated heterocycles. The second kappa shape index (κ2) is 4.34. The zero-order chi connectivity index (χ0) is 13.5. The molecule has 2 aliphatic heterocycles. The van der Waals surface area contributed by atoms with Crippen LogP contribution in [0.1, 0.15) is 17.2 Å². The maximum absolute atomic E-state index is 6.10. The second-order valence-electron chi connectivity index (χ2n) is 5.05. The molecular formula is C16H15NO3. The number of ether oxygens (including phenoxy) is 3. The quantitative estimate of drug-likeness (QED) is 0.862. The van der Waals surface area contributed by atoms with Gasteiger partial charge in [0.25, 0.3) is 0 Å². The zero-order valence-corrected chi connectivity index (χ0v) is 11.2. The number of fused-ring (bicyclic) bond motifs is 2. The maximum atomic E-state index is 6.10. The van der Waals surface area contributed by atoms with Crippen LogP contribution >= 0.6 is 0 Å². The molecular weight excluding hydrogens is 254 g/mol. The minimum absolute atomic E-state index is 0.0150. The van der Waals surface area contributed by atoms with Gasteiger partial charge in [-0.15, -0.1) is 0 Å². The fraction of sp³-hybridized carbons (Fsp3) is 0.250. The van der Waals surface area contributed by atoms with Gasteiger partial charge in [-0.2, -0.15) is 0 Å². The minimum atomic E-state index is -0.0150. The number of rotatable bonds is 1. The molecule has 2 aromatic carbocycles. The van der Waals surface area contributed by atoms with E-state index in [4.69, 9.17) is 14.2 Å². The van der Waals surface area contributed by atoms with Crippen molar-refractivity contribution in [1.29, 1.82) is 0 Å². The van der Waals surface area contributed by atoms with Crippen LogP contribution in [0.4, 0.5) is 5.69 Å². The molecule has 1 atom stereocenters. The number of nitrogens with one attached hydrogen (secondary N) is 1. The molecule has 0 fully saturated rings. The van der Waals surface area contributed by atoms with Crippen LogP contribution < -0.4 is 19.5 Å². The fourth-order valence-corrected chi connectivity index (χ4v) is 2.65. The molecule has 1 N–H and O–H groups in total. The van der Waals surface area contributed by atoms with Crippen LogP contribution in [0.2, 0.25) is 0 Å². The highest BCUT2D eigenvalue weighted by Gasteiger charge is 2.24. The number of para-hydroxylation sites is 1. The SMILES string of the molecule is Cc1cccc2c1NCC(c1ccc3c(c1)OCO3)O2. The Kier molecular flexibility index (Phi) is 2.49. The standard InChI is InChI=1S/C16H15NO3/c1-10-3-2-4-13-16(10)17-8-15(20-13)11-5-6-12-14(7-11)19-9-18-12/h2-7,15,17H,8-9H2,1H3. The van der Waals surface area contributed by atoms with E-state index in [0.29, 0.717) is 6.79 Å². The molecule has 2 aromatic rings. The van der Waals surface area contributed by atoms with Crippen molar-refractivity contribution in [1.82, 2.24) is 0 Å². The van der Waals surface area contributed by atoms with Crippen molar-refractivity contribution in [3.63, 3.8) is 0 Å². The molecule has 4 heteroatoms. The number of anilines is 1. The monoisotopic (exact) mass is 269 g/mol. The molecule has 4 nitrogen and oxygen atoms in total. The molecule has 0 aromatic heterocycles. The van der Waals surface area contributed by atoms with E-state index in [9.17, 15) is 0 Å². The van der Waals surface area contributed by atoms with Crippen molar-refractivity contribution in [2.45, 2.75) is 13.0 Å². The minimum Gasteiger partial charge on any atom is -0.482 e. The molecule has 0 radical (unpaired) electrons. The molecule has 0 saturated carbocycles. The summed E-state index contributed by atoms with van der Waals surface area (Å²) in [6.07, 6.45) is -0.0150. The van der Waals surface area contributed by atoms with Gasteiger partial charge in [-0.25, -0.2) is 0 Å². The van der Waals surface area contributed by atoms with Crippen LogP contribution in [0.3, 0.4) is 0 Å². The van der Waals surface area contributed by atoms with Gasteiger partial charge in [0, 0.05) is 0 Å². The Morgan fingerprint density at radius 2 is 1.95 bits per heavy atom. The fourth-order valence-electron chi connectivity index (χ4n) is 2.65. The van der Waals surface area contributed by atoms with Crippen molar-refractivity contribution < 1.29 is 14.2 Å². The molecule has 0 amide bonds. The van der Waals surface area contributed by atoms with E-state index in [2.05, 4.69) is 18.3 Å². The van der Waals surface area contributed by atoms with Crippen molar-refractivity contribution in [3.05, 3.63) is 47.5 Å². The Morgan fingerprint density at radius 1 is 1.05 bits per heavy atom. The Labute approximate surface area is 117 Å². The molecule has 0 spiro atoms. The van der Waals surface area contributed by atoms with E-state index in [1.54, 1.807) is 0 Å². The van der Waals surface area contributed by atoms with E-state index >= 15 is 0 Å². The van der Waals surface area contributed by atoms with Gasteiger partial charge in [-0.05, 0) is 36.2 Å². The summed E-state index contributed by atoms with van der Waals surface area (Å²) in [7, 11) is 0. The first-order valence-corrected chi connectivity index (χ1v) is 6.71. The summed E-state index contributed by atoms with van der Waals surface area (Å²) >= 11 is 0. The van der Waals surface area contributed by atoms with E-state index in [1.807, 2.05) is 30.3 Å². The molecule has 0 aliphatic carbocycles. The van der Waals surface area contributed by atoms with Gasteiger partial charge >= 0.3 is 0 Å². The number of hydrogen-bond donors (Lipinski definition) is 1. The number of benzene rings is 2. The molecule has 0 bridgehead atoms. The summed E-state index contributed by atoms with van der Waals surface area (Å²) in [5.74, 6) is 2.49. The number of hydrogen-bond acceptors (Lipinski definition) is 4. The van der Waals surface area contributed by atoms with Gasteiger partial charge in [0.15, 0.2) is 11.5 Å². The van der Waals surface area contributed by atoms with Crippen LogP contribution in [-0.2, 0) is 0 Å². The summed E-state index contributed by atoms with van der Waals surface area (Å²) < 4.78 is 16.9. The average molecular weight is 269 g/mol. The Bertz CT molecular complexity index is 669. The largest absolute Gasteiger partial charge is 0.482 e. The normalized spacial score (nSPS) is 18.9.